The molecule has 0 amide bonds. The van der Waals surface area contributed by atoms with Crippen molar-refractivity contribution in [3.05, 3.63) is 12.2 Å². The number of hydrogen-bond acceptors (Lipinski definition) is 3. The molecule has 2 saturated carbocycles. The summed E-state index contributed by atoms with van der Waals surface area (Å²) in [7, 11) is 0. The van der Waals surface area contributed by atoms with Crippen molar-refractivity contribution in [3.63, 3.8) is 0 Å². The maximum atomic E-state index is 12.8. The summed E-state index contributed by atoms with van der Waals surface area (Å²) in [6, 6.07) is 0. The highest BCUT2D eigenvalue weighted by Gasteiger charge is 2.53. The molecule has 2 bridgehead atoms. The van der Waals surface area contributed by atoms with E-state index in [1.807, 2.05) is 12.2 Å². The molecule has 4 nitrogen and oxygen atoms in total. The van der Waals surface area contributed by atoms with E-state index in [0.29, 0.717) is 17.8 Å². The van der Waals surface area contributed by atoms with Gasteiger partial charge in [-0.05, 0) is 48.9 Å². The lowest BCUT2D eigenvalue weighted by atomic mass is 9.75. The number of ether oxygens (including phenoxy) is 1. The van der Waals surface area contributed by atoms with Gasteiger partial charge < -0.3 is 9.84 Å². The van der Waals surface area contributed by atoms with Crippen LogP contribution >= 0.6 is 0 Å². The zero-order chi connectivity index (χ0) is 16.7. The maximum Gasteiger partial charge on any atom is 0.310 e. The second-order valence-electron chi connectivity index (χ2n) is 8.14. The first-order valence-corrected chi connectivity index (χ1v) is 9.00. The van der Waals surface area contributed by atoms with Crippen molar-refractivity contribution in [1.82, 2.24) is 0 Å². The number of hydrogen-bond donors (Lipinski definition) is 1. The Bertz CT molecular complexity index is 509. The molecular formula is C19H28O4. The minimum atomic E-state index is -0.860. The van der Waals surface area contributed by atoms with E-state index in [-0.39, 0.29) is 23.9 Å². The molecule has 3 aliphatic carbocycles. The molecular weight excluding hydrogens is 292 g/mol. The smallest absolute Gasteiger partial charge is 0.310 e. The molecule has 1 N–H and O–H groups in total. The summed E-state index contributed by atoms with van der Waals surface area (Å²) in [5.74, 6) is -0.738. The second kappa shape index (κ2) is 6.29. The molecule has 0 aliphatic heterocycles. The topological polar surface area (TPSA) is 63.6 Å². The van der Waals surface area contributed by atoms with Gasteiger partial charge in [0.15, 0.2) is 0 Å². The predicted octanol–water partition coefficient (Wildman–Crippen LogP) is 3.51. The standard InChI is InChI=1S/C19H28O4/c1-10(2)14-7-4-11(3)8-15(14)23-19(22)17-13-6-5-12(9-13)16(17)18(20)21/h5-6,10-17H,4,7-9H2,1-3H3,(H,20,21)/t11-,12+,13-,14+,15-,16+,17+/m1/s1. The van der Waals surface area contributed by atoms with Gasteiger partial charge in [0.2, 0.25) is 0 Å². The highest BCUT2D eigenvalue weighted by atomic mass is 16.5. The molecule has 3 aliphatic rings. The molecule has 0 aromatic rings. The van der Waals surface area contributed by atoms with Crippen LogP contribution in [0.4, 0.5) is 0 Å². The van der Waals surface area contributed by atoms with Gasteiger partial charge in [-0.3, -0.25) is 9.59 Å². The molecule has 23 heavy (non-hydrogen) atoms. The third kappa shape index (κ3) is 3.05. The fraction of sp³-hybridized carbons (Fsp3) is 0.789. The molecule has 0 heterocycles. The summed E-state index contributed by atoms with van der Waals surface area (Å²) in [5.41, 5.74) is 0. The van der Waals surface area contributed by atoms with Gasteiger partial charge in [0.1, 0.15) is 6.10 Å². The van der Waals surface area contributed by atoms with Gasteiger partial charge in [-0.1, -0.05) is 39.3 Å². The Kier molecular flexibility index (Phi) is 4.52. The van der Waals surface area contributed by atoms with Crippen molar-refractivity contribution in [2.75, 3.05) is 0 Å². The van der Waals surface area contributed by atoms with Gasteiger partial charge in [0, 0.05) is 0 Å². The third-order valence-corrected chi connectivity index (χ3v) is 6.25. The first-order chi connectivity index (χ1) is 10.9. The van der Waals surface area contributed by atoms with E-state index in [1.54, 1.807) is 0 Å². The number of carboxylic acids is 1. The molecule has 0 spiro atoms. The van der Waals surface area contributed by atoms with E-state index < -0.39 is 17.8 Å². The maximum absolute atomic E-state index is 12.8. The van der Waals surface area contributed by atoms with Gasteiger partial charge in [0.25, 0.3) is 0 Å². The van der Waals surface area contributed by atoms with Crippen molar-refractivity contribution in [3.8, 4) is 0 Å². The molecule has 0 saturated heterocycles. The molecule has 0 aromatic heterocycles. The van der Waals surface area contributed by atoms with Crippen LogP contribution in [0.15, 0.2) is 12.2 Å². The SMILES string of the molecule is CC(C)[C@@H]1CC[C@@H](C)C[C@H]1OC(=O)[C@@H]1[C@@H](C(=O)O)[C@H]2C=C[C@@H]1C2. The van der Waals surface area contributed by atoms with Crippen LogP contribution in [0.5, 0.6) is 0 Å². The van der Waals surface area contributed by atoms with E-state index in [1.165, 1.54) is 6.42 Å². The van der Waals surface area contributed by atoms with E-state index in [2.05, 4.69) is 20.8 Å². The zero-order valence-corrected chi connectivity index (χ0v) is 14.3. The zero-order valence-electron chi connectivity index (χ0n) is 14.3. The number of carbonyl (C=O) groups is 2. The Morgan fingerprint density at radius 3 is 2.35 bits per heavy atom. The van der Waals surface area contributed by atoms with Crippen molar-refractivity contribution < 1.29 is 19.4 Å². The normalized spacial score (nSPS) is 42.2. The average Bonchev–Trinajstić information content (AvgIpc) is 3.07. The van der Waals surface area contributed by atoms with Gasteiger partial charge in [-0.25, -0.2) is 0 Å². The monoisotopic (exact) mass is 320 g/mol. The second-order valence-corrected chi connectivity index (χ2v) is 8.14. The van der Waals surface area contributed by atoms with Crippen molar-refractivity contribution in [2.24, 2.45) is 41.4 Å². The van der Waals surface area contributed by atoms with Crippen LogP contribution < -0.4 is 0 Å². The summed E-state index contributed by atoms with van der Waals surface area (Å²) < 4.78 is 5.92. The van der Waals surface area contributed by atoms with Crippen LogP contribution in [0.25, 0.3) is 0 Å². The number of fused-ring (bicyclic) bond motifs is 2. The lowest BCUT2D eigenvalue weighted by Gasteiger charge is -2.37. The van der Waals surface area contributed by atoms with Gasteiger partial charge in [-0.2, -0.15) is 0 Å². The Balaban J connectivity index is 1.72. The number of carboxylic acid groups (broad SMARTS) is 1. The predicted molar refractivity (Wildman–Crippen MR) is 86.6 cm³/mol. The molecule has 0 radical (unpaired) electrons. The fourth-order valence-electron chi connectivity index (χ4n) is 4.96. The first kappa shape index (κ1) is 16.5. The van der Waals surface area contributed by atoms with Gasteiger partial charge >= 0.3 is 11.9 Å². The number of esters is 1. The van der Waals surface area contributed by atoms with Crippen molar-refractivity contribution in [1.29, 1.82) is 0 Å². The van der Waals surface area contributed by atoms with Crippen molar-refractivity contribution >= 4 is 11.9 Å². The van der Waals surface area contributed by atoms with E-state index in [9.17, 15) is 14.7 Å². The molecule has 7 atom stereocenters. The Morgan fingerprint density at radius 1 is 1.09 bits per heavy atom. The average molecular weight is 320 g/mol. The van der Waals surface area contributed by atoms with Crippen LogP contribution in [0.1, 0.15) is 46.5 Å². The largest absolute Gasteiger partial charge is 0.481 e. The van der Waals surface area contributed by atoms with Crippen LogP contribution in [-0.4, -0.2) is 23.1 Å². The number of allylic oxidation sites excluding steroid dienone is 2. The summed E-state index contributed by atoms with van der Waals surface area (Å²) in [4.78, 5) is 24.4. The van der Waals surface area contributed by atoms with Crippen LogP contribution in [0.3, 0.4) is 0 Å². The Hall–Kier alpha value is -1.32. The first-order valence-electron chi connectivity index (χ1n) is 9.00. The Morgan fingerprint density at radius 2 is 1.74 bits per heavy atom. The third-order valence-electron chi connectivity index (χ3n) is 6.25. The van der Waals surface area contributed by atoms with Gasteiger partial charge in [0.05, 0.1) is 11.8 Å². The minimum Gasteiger partial charge on any atom is -0.481 e. The van der Waals surface area contributed by atoms with Crippen LogP contribution in [-0.2, 0) is 14.3 Å². The molecule has 128 valence electrons. The van der Waals surface area contributed by atoms with E-state index in [4.69, 9.17) is 4.74 Å². The number of carbonyl (C=O) groups excluding carboxylic acids is 1. The molecule has 3 rings (SSSR count). The highest BCUT2D eigenvalue weighted by molar-refractivity contribution is 5.83. The lowest BCUT2D eigenvalue weighted by molar-refractivity contribution is -0.167. The number of rotatable bonds is 4. The quantitative estimate of drug-likeness (QED) is 0.636. The molecule has 4 heteroatoms. The summed E-state index contributed by atoms with van der Waals surface area (Å²) >= 11 is 0. The fourth-order valence-corrected chi connectivity index (χ4v) is 4.96. The summed E-state index contributed by atoms with van der Waals surface area (Å²) in [5, 5.41) is 9.50. The summed E-state index contributed by atoms with van der Waals surface area (Å²) in [6.45, 7) is 6.57. The number of aliphatic carboxylic acids is 1. The Labute approximate surface area is 138 Å². The van der Waals surface area contributed by atoms with Crippen LogP contribution in [0.2, 0.25) is 0 Å². The minimum absolute atomic E-state index is 0.00113. The molecule has 2 fully saturated rings. The van der Waals surface area contributed by atoms with Crippen molar-refractivity contribution in [2.45, 2.75) is 52.6 Å². The van der Waals surface area contributed by atoms with Crippen LogP contribution in [0, 0.1) is 41.4 Å². The highest BCUT2D eigenvalue weighted by Crippen LogP contribution is 2.49. The lowest BCUT2D eigenvalue weighted by Crippen LogP contribution is -2.40. The van der Waals surface area contributed by atoms with E-state index >= 15 is 0 Å². The van der Waals surface area contributed by atoms with Gasteiger partial charge in [-0.15, -0.1) is 0 Å². The molecule has 0 aromatic carbocycles. The van der Waals surface area contributed by atoms with E-state index in [0.717, 1.165) is 19.3 Å². The summed E-state index contributed by atoms with van der Waals surface area (Å²) in [6.07, 6.45) is 7.89. The molecule has 0 unspecified atom stereocenters.